The number of para-hydroxylation sites is 2. The molecule has 2 heterocycles. The van der Waals surface area contributed by atoms with Crippen LogP contribution >= 0.6 is 23.4 Å². The highest BCUT2D eigenvalue weighted by Crippen LogP contribution is 2.29. The van der Waals surface area contributed by atoms with Gasteiger partial charge in [0.25, 0.3) is 5.22 Å². The topological polar surface area (TPSA) is 51.8 Å². The first-order valence-electron chi connectivity index (χ1n) is 5.25. The summed E-state index contributed by atoms with van der Waals surface area (Å²) in [6.07, 6.45) is 0. The van der Waals surface area contributed by atoms with Gasteiger partial charge in [-0.1, -0.05) is 23.7 Å². The molecule has 6 heteroatoms. The number of benzene rings is 1. The number of hydrogen-bond acceptors (Lipinski definition) is 5. The fraction of sp³-hybridized carbons (Fsp3) is 0.0833. The maximum Gasteiger partial charge on any atom is 0.263 e. The fourth-order valence-electron chi connectivity index (χ4n) is 1.54. The van der Waals surface area contributed by atoms with Gasteiger partial charge in [-0.25, -0.2) is 15.0 Å². The number of halogens is 1. The first-order chi connectivity index (χ1) is 8.70. The Bertz CT molecular complexity index is 660. The van der Waals surface area contributed by atoms with Gasteiger partial charge in [-0.2, -0.15) is 0 Å². The molecule has 0 spiro atoms. The van der Waals surface area contributed by atoms with E-state index in [0.717, 1.165) is 16.1 Å². The van der Waals surface area contributed by atoms with E-state index in [1.807, 2.05) is 24.3 Å². The Morgan fingerprint density at radius 3 is 2.78 bits per heavy atom. The molecule has 0 aliphatic carbocycles. The summed E-state index contributed by atoms with van der Waals surface area (Å²) >= 11 is 7.21. The molecule has 0 radical (unpaired) electrons. The predicted octanol–water partition coefficient (Wildman–Crippen LogP) is 3.73. The number of fused-ring (bicyclic) bond motifs is 1. The van der Waals surface area contributed by atoms with E-state index in [-0.39, 0.29) is 0 Å². The van der Waals surface area contributed by atoms with E-state index in [4.69, 9.17) is 16.0 Å². The van der Waals surface area contributed by atoms with Crippen LogP contribution in [-0.4, -0.2) is 15.0 Å². The smallest absolute Gasteiger partial charge is 0.263 e. The minimum Gasteiger partial charge on any atom is -0.431 e. The third kappa shape index (κ3) is 2.32. The third-order valence-electron chi connectivity index (χ3n) is 2.25. The van der Waals surface area contributed by atoms with Crippen molar-refractivity contribution in [3.8, 4) is 0 Å². The second kappa shape index (κ2) is 4.59. The van der Waals surface area contributed by atoms with Gasteiger partial charge in [0.1, 0.15) is 21.5 Å². The molecule has 18 heavy (non-hydrogen) atoms. The van der Waals surface area contributed by atoms with Crippen molar-refractivity contribution in [3.63, 3.8) is 0 Å². The number of oxazole rings is 1. The zero-order chi connectivity index (χ0) is 12.5. The molecule has 0 unspecified atom stereocenters. The summed E-state index contributed by atoms with van der Waals surface area (Å²) in [6, 6.07) is 9.30. The van der Waals surface area contributed by atoms with Crippen LogP contribution in [-0.2, 0) is 0 Å². The Balaban J connectivity index is 1.96. The SMILES string of the molecule is Cc1nc(Cl)cc(Sc2nc3ccccc3o2)n1. The molecule has 0 bridgehead atoms. The van der Waals surface area contributed by atoms with Crippen molar-refractivity contribution in [2.24, 2.45) is 0 Å². The quantitative estimate of drug-likeness (QED) is 0.668. The predicted molar refractivity (Wildman–Crippen MR) is 69.9 cm³/mol. The largest absolute Gasteiger partial charge is 0.431 e. The van der Waals surface area contributed by atoms with Crippen LogP contribution in [0.3, 0.4) is 0 Å². The van der Waals surface area contributed by atoms with E-state index >= 15 is 0 Å². The van der Waals surface area contributed by atoms with E-state index in [9.17, 15) is 0 Å². The number of aryl methyl sites for hydroxylation is 1. The number of hydrogen-bond donors (Lipinski definition) is 0. The van der Waals surface area contributed by atoms with Crippen molar-refractivity contribution in [3.05, 3.63) is 41.3 Å². The summed E-state index contributed by atoms with van der Waals surface area (Å²) in [7, 11) is 0. The van der Waals surface area contributed by atoms with Crippen molar-refractivity contribution in [1.29, 1.82) is 0 Å². The number of aromatic nitrogens is 3. The molecular formula is C12H8ClN3OS. The van der Waals surface area contributed by atoms with Gasteiger partial charge >= 0.3 is 0 Å². The standard InChI is InChI=1S/C12H8ClN3OS/c1-7-14-10(13)6-11(15-7)18-12-16-8-4-2-3-5-9(8)17-12/h2-6H,1H3. The Kier molecular flexibility index (Phi) is 2.93. The van der Waals surface area contributed by atoms with Gasteiger partial charge in [-0.15, -0.1) is 0 Å². The van der Waals surface area contributed by atoms with Crippen molar-refractivity contribution in [2.75, 3.05) is 0 Å². The average molecular weight is 278 g/mol. The van der Waals surface area contributed by atoms with E-state index in [0.29, 0.717) is 16.2 Å². The second-order valence-electron chi connectivity index (χ2n) is 3.63. The minimum absolute atomic E-state index is 0.418. The van der Waals surface area contributed by atoms with Gasteiger partial charge < -0.3 is 4.42 Å². The van der Waals surface area contributed by atoms with Gasteiger partial charge in [0, 0.05) is 6.07 Å². The normalized spacial score (nSPS) is 11.0. The molecule has 3 aromatic rings. The molecule has 4 nitrogen and oxygen atoms in total. The first-order valence-corrected chi connectivity index (χ1v) is 6.45. The molecule has 1 aromatic carbocycles. The van der Waals surface area contributed by atoms with Crippen molar-refractivity contribution in [1.82, 2.24) is 15.0 Å². The molecule has 0 aliphatic rings. The van der Waals surface area contributed by atoms with E-state index in [2.05, 4.69) is 15.0 Å². The first kappa shape index (κ1) is 11.5. The average Bonchev–Trinajstić information content (AvgIpc) is 2.69. The highest BCUT2D eigenvalue weighted by molar-refractivity contribution is 7.99. The van der Waals surface area contributed by atoms with Crippen LogP contribution in [0.1, 0.15) is 5.82 Å². The van der Waals surface area contributed by atoms with Crippen LogP contribution in [0.2, 0.25) is 5.15 Å². The van der Waals surface area contributed by atoms with Crippen molar-refractivity contribution in [2.45, 2.75) is 17.2 Å². The summed E-state index contributed by atoms with van der Waals surface area (Å²) in [4.78, 5) is 12.6. The molecule has 0 aliphatic heterocycles. The Hall–Kier alpha value is -1.59. The van der Waals surface area contributed by atoms with Crippen LogP contribution in [0, 0.1) is 6.92 Å². The van der Waals surface area contributed by atoms with Gasteiger partial charge in [-0.05, 0) is 30.8 Å². The van der Waals surface area contributed by atoms with Gasteiger partial charge in [-0.3, -0.25) is 0 Å². The lowest BCUT2D eigenvalue weighted by Gasteiger charge is -1.98. The van der Waals surface area contributed by atoms with Crippen LogP contribution in [0.4, 0.5) is 0 Å². The number of rotatable bonds is 2. The molecule has 3 rings (SSSR count). The van der Waals surface area contributed by atoms with Crippen LogP contribution in [0.25, 0.3) is 11.1 Å². The van der Waals surface area contributed by atoms with Crippen LogP contribution < -0.4 is 0 Å². The molecule has 0 N–H and O–H groups in total. The lowest BCUT2D eigenvalue weighted by Crippen LogP contribution is -1.89. The fourth-order valence-corrected chi connectivity index (χ4v) is 2.63. The highest BCUT2D eigenvalue weighted by atomic mass is 35.5. The Morgan fingerprint density at radius 1 is 1.17 bits per heavy atom. The lowest BCUT2D eigenvalue weighted by molar-refractivity contribution is 0.489. The van der Waals surface area contributed by atoms with Gasteiger partial charge in [0.2, 0.25) is 0 Å². The molecule has 90 valence electrons. The molecule has 0 saturated heterocycles. The third-order valence-corrected chi connectivity index (χ3v) is 3.21. The van der Waals surface area contributed by atoms with Crippen LogP contribution in [0.15, 0.2) is 45.0 Å². The monoisotopic (exact) mass is 277 g/mol. The van der Waals surface area contributed by atoms with E-state index < -0.39 is 0 Å². The van der Waals surface area contributed by atoms with Crippen molar-refractivity contribution >= 4 is 34.5 Å². The van der Waals surface area contributed by atoms with Gasteiger partial charge in [0.05, 0.1) is 0 Å². The highest BCUT2D eigenvalue weighted by Gasteiger charge is 2.09. The van der Waals surface area contributed by atoms with Crippen molar-refractivity contribution < 1.29 is 4.42 Å². The second-order valence-corrected chi connectivity index (χ2v) is 4.98. The molecular weight excluding hydrogens is 270 g/mol. The van der Waals surface area contributed by atoms with E-state index in [1.54, 1.807) is 13.0 Å². The summed E-state index contributed by atoms with van der Waals surface area (Å²) < 4.78 is 5.60. The summed E-state index contributed by atoms with van der Waals surface area (Å²) in [5.74, 6) is 0.626. The Morgan fingerprint density at radius 2 is 2.00 bits per heavy atom. The maximum absolute atomic E-state index is 5.88. The Labute approximate surface area is 112 Å². The zero-order valence-electron chi connectivity index (χ0n) is 9.42. The molecule has 0 saturated carbocycles. The molecule has 2 aromatic heterocycles. The number of nitrogens with zero attached hydrogens (tertiary/aromatic N) is 3. The summed E-state index contributed by atoms with van der Waals surface area (Å²) in [5, 5.41) is 1.69. The lowest BCUT2D eigenvalue weighted by atomic mass is 10.3. The minimum atomic E-state index is 0.418. The zero-order valence-corrected chi connectivity index (χ0v) is 11.0. The maximum atomic E-state index is 5.88. The summed E-state index contributed by atoms with van der Waals surface area (Å²) in [5.41, 5.74) is 1.59. The van der Waals surface area contributed by atoms with Gasteiger partial charge in [0.15, 0.2) is 5.58 Å². The molecule has 0 amide bonds. The molecule has 0 fully saturated rings. The van der Waals surface area contributed by atoms with Crippen LogP contribution in [0.5, 0.6) is 0 Å². The molecule has 0 atom stereocenters. The summed E-state index contributed by atoms with van der Waals surface area (Å²) in [6.45, 7) is 1.79. The van der Waals surface area contributed by atoms with E-state index in [1.165, 1.54) is 11.8 Å².